The van der Waals surface area contributed by atoms with Gasteiger partial charge in [0, 0.05) is 21.8 Å². The first kappa shape index (κ1) is 26.2. The minimum absolute atomic E-state index is 0.714. The molecule has 1 N–H and O–H groups in total. The van der Waals surface area contributed by atoms with Gasteiger partial charge in [-0.05, 0) is 95.1 Å². The number of nitrogens with one attached hydrogen (secondary N) is 1. The van der Waals surface area contributed by atoms with Gasteiger partial charge in [-0.2, -0.15) is 0 Å². The third-order valence-corrected chi connectivity index (χ3v) is 9.67. The van der Waals surface area contributed by atoms with Crippen LogP contribution in [0.1, 0.15) is 43.6 Å². The highest BCUT2D eigenvalue weighted by Crippen LogP contribution is 2.41. The molecule has 6 aromatic carbocycles. The van der Waals surface area contributed by atoms with Gasteiger partial charge < -0.3 is 14.2 Å². The normalized spacial score (nSPS) is 14.1. The van der Waals surface area contributed by atoms with Crippen molar-refractivity contribution in [3.8, 4) is 22.3 Å². The third-order valence-electron chi connectivity index (χ3n) is 9.67. The lowest BCUT2D eigenvalue weighted by molar-refractivity contribution is 0.443. The summed E-state index contributed by atoms with van der Waals surface area (Å²) in [6.07, 6.45) is 6.73. The Bertz CT molecular complexity index is 2320. The fourth-order valence-electron chi connectivity index (χ4n) is 7.41. The van der Waals surface area contributed by atoms with Gasteiger partial charge >= 0.3 is 0 Å². The lowest BCUT2D eigenvalue weighted by Crippen LogP contribution is -2.04. The van der Waals surface area contributed by atoms with Gasteiger partial charge in [0.15, 0.2) is 0 Å². The smallest absolute Gasteiger partial charge is 0.137 e. The zero-order valence-corrected chi connectivity index (χ0v) is 25.1. The molecule has 1 fully saturated rings. The van der Waals surface area contributed by atoms with Crippen LogP contribution in [0.15, 0.2) is 136 Å². The lowest BCUT2D eigenvalue weighted by Gasteiger charge is -2.22. The molecular weight excluding hydrogens is 550 g/mol. The van der Waals surface area contributed by atoms with Crippen molar-refractivity contribution >= 4 is 55.3 Å². The van der Waals surface area contributed by atoms with E-state index < -0.39 is 0 Å². The summed E-state index contributed by atoms with van der Waals surface area (Å²) in [4.78, 5) is 0. The maximum absolute atomic E-state index is 6.35. The summed E-state index contributed by atoms with van der Waals surface area (Å²) in [5.41, 5.74) is 11.8. The Balaban J connectivity index is 1.11. The SMILES string of the molecule is c1ccc(-c2cccc3oc4ccc(Nc5cccc6oc7ccc(-c8ccc(C9CCCCC9)cc8)cc7c56)cc4c23)cc1. The Hall–Kier alpha value is -5.28. The van der Waals surface area contributed by atoms with E-state index in [1.165, 1.54) is 59.9 Å². The van der Waals surface area contributed by atoms with Gasteiger partial charge in [0.1, 0.15) is 22.3 Å². The molecule has 0 unspecified atom stereocenters. The quantitative estimate of drug-likeness (QED) is 0.219. The standard InChI is InChI=1S/C42H33NO2/c1-3-9-27(10-4-1)28-17-19-29(20-18-28)31-21-23-37-34(25-31)42-36(14-8-16-40(42)45-37)43-32-22-24-38-35(26-32)41-33(13-7-15-39(41)44-38)30-11-5-2-6-12-30/h2,5-8,11-27,43H,1,3-4,9-10H2. The van der Waals surface area contributed by atoms with E-state index in [0.29, 0.717) is 5.92 Å². The van der Waals surface area contributed by atoms with Gasteiger partial charge in [0.05, 0.1) is 11.1 Å². The summed E-state index contributed by atoms with van der Waals surface area (Å²) >= 11 is 0. The molecule has 0 saturated heterocycles. The van der Waals surface area contributed by atoms with Crippen molar-refractivity contribution < 1.29 is 8.83 Å². The zero-order chi connectivity index (χ0) is 29.7. The van der Waals surface area contributed by atoms with E-state index >= 15 is 0 Å². The van der Waals surface area contributed by atoms with Crippen molar-refractivity contribution in [3.05, 3.63) is 133 Å². The van der Waals surface area contributed by atoms with Gasteiger partial charge in [-0.1, -0.05) is 98.1 Å². The van der Waals surface area contributed by atoms with Crippen molar-refractivity contribution in [1.29, 1.82) is 0 Å². The lowest BCUT2D eigenvalue weighted by atomic mass is 9.83. The van der Waals surface area contributed by atoms with E-state index in [2.05, 4.69) is 127 Å². The molecule has 2 heterocycles. The first-order valence-electron chi connectivity index (χ1n) is 16.1. The Morgan fingerprint density at radius 2 is 1.18 bits per heavy atom. The number of anilines is 2. The Labute approximate surface area is 262 Å². The minimum atomic E-state index is 0.714. The molecule has 0 bridgehead atoms. The molecule has 1 aliphatic rings. The molecule has 1 aliphatic carbocycles. The maximum Gasteiger partial charge on any atom is 0.137 e. The highest BCUT2D eigenvalue weighted by Gasteiger charge is 2.17. The first-order valence-corrected chi connectivity index (χ1v) is 16.1. The molecule has 9 rings (SSSR count). The van der Waals surface area contributed by atoms with Gasteiger partial charge in [0.2, 0.25) is 0 Å². The summed E-state index contributed by atoms with van der Waals surface area (Å²) in [7, 11) is 0. The van der Waals surface area contributed by atoms with E-state index in [1.54, 1.807) is 0 Å². The van der Waals surface area contributed by atoms with Crippen LogP contribution in [-0.2, 0) is 0 Å². The number of hydrogen-bond donors (Lipinski definition) is 1. The summed E-state index contributed by atoms with van der Waals surface area (Å²) < 4.78 is 12.6. The molecule has 0 radical (unpaired) electrons. The maximum atomic E-state index is 6.35. The second-order valence-corrected chi connectivity index (χ2v) is 12.4. The monoisotopic (exact) mass is 583 g/mol. The molecule has 8 aromatic rings. The van der Waals surface area contributed by atoms with Crippen LogP contribution >= 0.6 is 0 Å². The molecule has 2 aromatic heterocycles. The molecule has 0 atom stereocenters. The fourth-order valence-corrected chi connectivity index (χ4v) is 7.41. The second kappa shape index (κ2) is 10.7. The molecule has 218 valence electrons. The molecule has 1 saturated carbocycles. The number of hydrogen-bond acceptors (Lipinski definition) is 3. The molecule has 0 amide bonds. The van der Waals surface area contributed by atoms with Gasteiger partial charge in [0.25, 0.3) is 0 Å². The van der Waals surface area contributed by atoms with E-state index in [9.17, 15) is 0 Å². The van der Waals surface area contributed by atoms with Crippen LogP contribution in [0.25, 0.3) is 66.1 Å². The molecule has 0 aliphatic heterocycles. The van der Waals surface area contributed by atoms with E-state index in [1.807, 2.05) is 6.07 Å². The van der Waals surface area contributed by atoms with Crippen molar-refractivity contribution in [2.24, 2.45) is 0 Å². The average Bonchev–Trinajstić information content (AvgIpc) is 3.67. The second-order valence-electron chi connectivity index (χ2n) is 12.4. The van der Waals surface area contributed by atoms with Crippen molar-refractivity contribution in [2.75, 3.05) is 5.32 Å². The van der Waals surface area contributed by atoms with Crippen molar-refractivity contribution in [2.45, 2.75) is 38.0 Å². The summed E-state index contributed by atoms with van der Waals surface area (Å²) in [5.74, 6) is 0.714. The van der Waals surface area contributed by atoms with Crippen LogP contribution in [0.2, 0.25) is 0 Å². The van der Waals surface area contributed by atoms with Crippen molar-refractivity contribution in [3.63, 3.8) is 0 Å². The molecule has 45 heavy (non-hydrogen) atoms. The van der Waals surface area contributed by atoms with E-state index in [4.69, 9.17) is 8.83 Å². The summed E-state index contributed by atoms with van der Waals surface area (Å²) in [5, 5.41) is 8.17. The zero-order valence-electron chi connectivity index (χ0n) is 25.1. The van der Waals surface area contributed by atoms with Crippen LogP contribution in [0.4, 0.5) is 11.4 Å². The van der Waals surface area contributed by atoms with Crippen LogP contribution in [-0.4, -0.2) is 0 Å². The predicted octanol–water partition coefficient (Wildman–Crippen LogP) is 12.6. The average molecular weight is 584 g/mol. The molecule has 0 spiro atoms. The Kier molecular flexibility index (Phi) is 6.22. The van der Waals surface area contributed by atoms with Gasteiger partial charge in [-0.15, -0.1) is 0 Å². The van der Waals surface area contributed by atoms with Gasteiger partial charge in [-0.3, -0.25) is 0 Å². The van der Waals surface area contributed by atoms with Gasteiger partial charge in [-0.25, -0.2) is 0 Å². The van der Waals surface area contributed by atoms with Crippen LogP contribution in [0, 0.1) is 0 Å². The minimum Gasteiger partial charge on any atom is -0.456 e. The Morgan fingerprint density at radius 3 is 1.98 bits per heavy atom. The topological polar surface area (TPSA) is 38.3 Å². The van der Waals surface area contributed by atoms with Crippen LogP contribution < -0.4 is 5.32 Å². The Morgan fingerprint density at radius 1 is 0.489 bits per heavy atom. The fraction of sp³-hybridized carbons (Fsp3) is 0.143. The summed E-state index contributed by atoms with van der Waals surface area (Å²) in [6.45, 7) is 0. The highest BCUT2D eigenvalue weighted by molar-refractivity contribution is 6.15. The first-order chi connectivity index (χ1) is 22.3. The molecule has 3 nitrogen and oxygen atoms in total. The van der Waals surface area contributed by atoms with E-state index in [0.717, 1.165) is 55.3 Å². The van der Waals surface area contributed by atoms with Crippen molar-refractivity contribution in [1.82, 2.24) is 0 Å². The highest BCUT2D eigenvalue weighted by atomic mass is 16.3. The molecule has 3 heteroatoms. The van der Waals surface area contributed by atoms with Crippen LogP contribution in [0.5, 0.6) is 0 Å². The van der Waals surface area contributed by atoms with Crippen LogP contribution in [0.3, 0.4) is 0 Å². The molecular formula is C42H33NO2. The largest absolute Gasteiger partial charge is 0.456 e. The number of rotatable bonds is 5. The predicted molar refractivity (Wildman–Crippen MR) is 187 cm³/mol. The number of fused-ring (bicyclic) bond motifs is 6. The van der Waals surface area contributed by atoms with E-state index in [-0.39, 0.29) is 0 Å². The number of furan rings is 2. The third kappa shape index (κ3) is 4.58. The number of benzene rings is 6. The summed E-state index contributed by atoms with van der Waals surface area (Å²) in [6, 6.07) is 45.2.